The molecule has 3 aromatic rings. The van der Waals surface area contributed by atoms with Crippen LogP contribution < -0.4 is 4.90 Å². The normalized spacial score (nSPS) is 11.4. The molecule has 0 fully saturated rings. The highest BCUT2D eigenvalue weighted by atomic mass is 35.5. The van der Waals surface area contributed by atoms with Gasteiger partial charge in [0.15, 0.2) is 15.0 Å². The van der Waals surface area contributed by atoms with Crippen LogP contribution in [0, 0.1) is 0 Å². The number of hydrogen-bond acceptors (Lipinski definition) is 5. The molecule has 0 unspecified atom stereocenters. The number of aromatic nitrogens is 1. The molecule has 9 heteroatoms. The molecule has 5 nitrogen and oxygen atoms in total. The third kappa shape index (κ3) is 4.98. The maximum absolute atomic E-state index is 13.1. The molecule has 1 aromatic heterocycles. The minimum atomic E-state index is -3.41. The topological polar surface area (TPSA) is 67.3 Å². The molecule has 29 heavy (non-hydrogen) atoms. The number of benzene rings is 2. The first-order valence-corrected chi connectivity index (χ1v) is 12.3. The Balaban J connectivity index is 1.97. The number of halogens is 2. The Hall–Kier alpha value is -1.93. The molecule has 0 radical (unpaired) electrons. The Morgan fingerprint density at radius 2 is 1.93 bits per heavy atom. The minimum absolute atomic E-state index is 0.104. The van der Waals surface area contributed by atoms with Gasteiger partial charge in [0, 0.05) is 34.3 Å². The molecule has 3 rings (SSSR count). The standard InChI is InChI=1S/C20H18Cl2N2O3S2/c1-3-9-24(19(25)13-5-4-6-15(10-13)29(2,26)27)20-23-18(12-28-20)16-8-7-14(21)11-17(16)22/h4-8,10-12H,3,9H2,1-2H3. The average Bonchev–Trinajstić information content (AvgIpc) is 3.14. The molecule has 152 valence electrons. The van der Waals surface area contributed by atoms with Gasteiger partial charge < -0.3 is 0 Å². The van der Waals surface area contributed by atoms with E-state index in [4.69, 9.17) is 23.2 Å². The summed E-state index contributed by atoms with van der Waals surface area (Å²) in [7, 11) is -3.41. The first kappa shape index (κ1) is 21.8. The van der Waals surface area contributed by atoms with Crippen LogP contribution in [-0.2, 0) is 9.84 Å². The van der Waals surface area contributed by atoms with E-state index in [1.165, 1.54) is 23.5 Å². The van der Waals surface area contributed by atoms with Crippen molar-refractivity contribution >= 4 is 55.4 Å². The summed E-state index contributed by atoms with van der Waals surface area (Å²) in [5.74, 6) is -0.305. The summed E-state index contributed by atoms with van der Waals surface area (Å²) < 4.78 is 23.7. The van der Waals surface area contributed by atoms with Crippen LogP contribution in [0.25, 0.3) is 11.3 Å². The van der Waals surface area contributed by atoms with Crippen LogP contribution in [0.1, 0.15) is 23.7 Å². The lowest BCUT2D eigenvalue weighted by Gasteiger charge is -2.19. The number of carbonyl (C=O) groups is 1. The van der Waals surface area contributed by atoms with E-state index in [1.54, 1.807) is 35.2 Å². The van der Waals surface area contributed by atoms with Gasteiger partial charge in [0.05, 0.1) is 15.6 Å². The van der Waals surface area contributed by atoms with Crippen molar-refractivity contribution in [1.29, 1.82) is 0 Å². The Bertz CT molecular complexity index is 1160. The number of amides is 1. The van der Waals surface area contributed by atoms with Crippen LogP contribution in [0.5, 0.6) is 0 Å². The molecule has 0 saturated carbocycles. The molecule has 0 spiro atoms. The number of thiazole rings is 1. The van der Waals surface area contributed by atoms with Crippen LogP contribution in [0.15, 0.2) is 52.7 Å². The molecule has 0 saturated heterocycles. The van der Waals surface area contributed by atoms with Gasteiger partial charge in [0.2, 0.25) is 0 Å². The number of carbonyl (C=O) groups excluding carboxylic acids is 1. The van der Waals surface area contributed by atoms with Gasteiger partial charge in [-0.2, -0.15) is 0 Å². The highest BCUT2D eigenvalue weighted by Gasteiger charge is 2.22. The van der Waals surface area contributed by atoms with Gasteiger partial charge in [0.25, 0.3) is 5.91 Å². The van der Waals surface area contributed by atoms with E-state index < -0.39 is 9.84 Å². The largest absolute Gasteiger partial charge is 0.284 e. The van der Waals surface area contributed by atoms with Crippen molar-refractivity contribution in [2.45, 2.75) is 18.2 Å². The van der Waals surface area contributed by atoms with E-state index in [0.29, 0.717) is 39.4 Å². The predicted molar refractivity (Wildman–Crippen MR) is 119 cm³/mol. The van der Waals surface area contributed by atoms with E-state index >= 15 is 0 Å². The van der Waals surface area contributed by atoms with Gasteiger partial charge in [-0.1, -0.05) is 36.2 Å². The highest BCUT2D eigenvalue weighted by molar-refractivity contribution is 7.90. The smallest absolute Gasteiger partial charge is 0.260 e. The number of nitrogens with zero attached hydrogens (tertiary/aromatic N) is 2. The third-order valence-electron chi connectivity index (χ3n) is 4.13. The summed E-state index contributed by atoms with van der Waals surface area (Å²) in [6.07, 6.45) is 1.83. The molecule has 0 N–H and O–H groups in total. The maximum Gasteiger partial charge on any atom is 0.260 e. The molecule has 0 aliphatic heterocycles. The Labute approximate surface area is 183 Å². The third-order valence-corrected chi connectivity index (χ3v) is 6.65. The summed E-state index contributed by atoms with van der Waals surface area (Å²) in [4.78, 5) is 19.4. The zero-order valence-electron chi connectivity index (χ0n) is 15.7. The molecular formula is C20H18Cl2N2O3S2. The van der Waals surface area contributed by atoms with Crippen molar-refractivity contribution in [3.63, 3.8) is 0 Å². The molecule has 1 amide bonds. The highest BCUT2D eigenvalue weighted by Crippen LogP contribution is 2.34. The van der Waals surface area contributed by atoms with Gasteiger partial charge in [-0.05, 0) is 42.8 Å². The van der Waals surface area contributed by atoms with Crippen molar-refractivity contribution in [3.8, 4) is 11.3 Å². The Morgan fingerprint density at radius 1 is 1.17 bits per heavy atom. The van der Waals surface area contributed by atoms with Gasteiger partial charge >= 0.3 is 0 Å². The molecular weight excluding hydrogens is 451 g/mol. The van der Waals surface area contributed by atoms with Crippen LogP contribution in [0.3, 0.4) is 0 Å². The zero-order valence-corrected chi connectivity index (χ0v) is 18.9. The molecule has 0 aliphatic carbocycles. The molecule has 0 aliphatic rings. The van der Waals surface area contributed by atoms with E-state index in [-0.39, 0.29) is 10.8 Å². The quantitative estimate of drug-likeness (QED) is 0.473. The second kappa shape index (κ2) is 8.83. The lowest BCUT2D eigenvalue weighted by atomic mass is 10.2. The van der Waals surface area contributed by atoms with Crippen molar-refractivity contribution in [3.05, 3.63) is 63.5 Å². The maximum atomic E-state index is 13.1. The summed E-state index contributed by atoms with van der Waals surface area (Å²) in [5, 5.41) is 3.35. The van der Waals surface area contributed by atoms with Gasteiger partial charge in [-0.15, -0.1) is 11.3 Å². The summed E-state index contributed by atoms with van der Waals surface area (Å²) >= 11 is 13.6. The predicted octanol–water partition coefficient (Wildman–Crippen LogP) is 5.58. The fraction of sp³-hybridized carbons (Fsp3) is 0.200. The minimum Gasteiger partial charge on any atom is -0.284 e. The first-order chi connectivity index (χ1) is 13.7. The summed E-state index contributed by atoms with van der Waals surface area (Å²) in [6.45, 7) is 2.40. The molecule has 0 atom stereocenters. The fourth-order valence-electron chi connectivity index (χ4n) is 2.73. The lowest BCUT2D eigenvalue weighted by Crippen LogP contribution is -2.31. The van der Waals surface area contributed by atoms with Crippen LogP contribution in [-0.4, -0.2) is 32.1 Å². The van der Waals surface area contributed by atoms with E-state index in [1.807, 2.05) is 12.3 Å². The Kier molecular flexibility index (Phi) is 6.63. The summed E-state index contributed by atoms with van der Waals surface area (Å²) in [6, 6.07) is 11.2. The average molecular weight is 469 g/mol. The summed E-state index contributed by atoms with van der Waals surface area (Å²) in [5.41, 5.74) is 1.66. The van der Waals surface area contributed by atoms with Crippen molar-refractivity contribution in [2.75, 3.05) is 17.7 Å². The van der Waals surface area contributed by atoms with Gasteiger partial charge in [-0.3, -0.25) is 9.69 Å². The van der Waals surface area contributed by atoms with Crippen LogP contribution >= 0.6 is 34.5 Å². The second-order valence-corrected chi connectivity index (χ2v) is 10.1. The molecule has 0 bridgehead atoms. The van der Waals surface area contributed by atoms with Crippen LogP contribution in [0.4, 0.5) is 5.13 Å². The van der Waals surface area contributed by atoms with Gasteiger partial charge in [0.1, 0.15) is 0 Å². The van der Waals surface area contributed by atoms with Crippen molar-refractivity contribution in [1.82, 2.24) is 4.98 Å². The number of anilines is 1. The molecule has 1 heterocycles. The fourth-order valence-corrected chi connectivity index (χ4v) is 4.75. The Morgan fingerprint density at radius 3 is 2.59 bits per heavy atom. The van der Waals surface area contributed by atoms with Gasteiger partial charge in [-0.25, -0.2) is 13.4 Å². The van der Waals surface area contributed by atoms with E-state index in [0.717, 1.165) is 11.8 Å². The first-order valence-electron chi connectivity index (χ1n) is 8.73. The van der Waals surface area contributed by atoms with Crippen LogP contribution in [0.2, 0.25) is 10.0 Å². The van der Waals surface area contributed by atoms with Crippen molar-refractivity contribution in [2.24, 2.45) is 0 Å². The van der Waals surface area contributed by atoms with E-state index in [9.17, 15) is 13.2 Å². The van der Waals surface area contributed by atoms with Crippen molar-refractivity contribution < 1.29 is 13.2 Å². The monoisotopic (exact) mass is 468 g/mol. The number of hydrogen-bond donors (Lipinski definition) is 0. The zero-order chi connectivity index (χ0) is 21.2. The number of sulfone groups is 1. The van der Waals surface area contributed by atoms with E-state index in [2.05, 4.69) is 4.98 Å². The lowest BCUT2D eigenvalue weighted by molar-refractivity contribution is 0.0986. The molecule has 2 aromatic carbocycles. The number of rotatable bonds is 6. The second-order valence-electron chi connectivity index (χ2n) is 6.40. The SMILES string of the molecule is CCCN(C(=O)c1cccc(S(C)(=O)=O)c1)c1nc(-c2ccc(Cl)cc2Cl)cs1.